The van der Waals surface area contributed by atoms with Gasteiger partial charge in [0.15, 0.2) is 5.13 Å². The molecule has 0 radical (unpaired) electrons. The molecule has 188 valence electrons. The fourth-order valence-electron chi connectivity index (χ4n) is 4.66. The lowest BCUT2D eigenvalue weighted by Crippen LogP contribution is -2.73. The number of rotatable bonds is 8. The first kappa shape index (κ1) is 24.5. The molecule has 2 fully saturated rings. The topological polar surface area (TPSA) is 95.2 Å². The Balaban J connectivity index is 1.22. The molecule has 1 atom stereocenters. The highest BCUT2D eigenvalue weighted by atomic mass is 32.1. The number of hydrogen-bond donors (Lipinski definition) is 2. The summed E-state index contributed by atoms with van der Waals surface area (Å²) in [6, 6.07) is 17.3. The third kappa shape index (κ3) is 5.15. The highest BCUT2D eigenvalue weighted by Gasteiger charge is 2.53. The minimum atomic E-state index is -1.10. The largest absolute Gasteiger partial charge is 0.457 e. The van der Waals surface area contributed by atoms with E-state index >= 15 is 0 Å². The normalized spacial score (nSPS) is 17.4. The maximum atomic E-state index is 12.3. The van der Waals surface area contributed by atoms with Gasteiger partial charge in [0.05, 0.1) is 10.6 Å². The summed E-state index contributed by atoms with van der Waals surface area (Å²) in [5.74, 6) is 1.57. The summed E-state index contributed by atoms with van der Waals surface area (Å²) in [5, 5.41) is 11.1. The van der Waals surface area contributed by atoms with E-state index in [4.69, 9.17) is 15.5 Å². The highest BCUT2D eigenvalue weighted by molar-refractivity contribution is 7.16. The Kier molecular flexibility index (Phi) is 6.81. The van der Waals surface area contributed by atoms with Crippen LogP contribution in [0.15, 0.2) is 66.7 Å². The number of aromatic nitrogens is 1. The van der Waals surface area contributed by atoms with Crippen LogP contribution in [-0.4, -0.2) is 72.6 Å². The molecule has 0 aliphatic carbocycles. The highest BCUT2D eigenvalue weighted by Crippen LogP contribution is 2.45. The van der Waals surface area contributed by atoms with Crippen LogP contribution in [0, 0.1) is 5.41 Å². The average molecular weight is 506 g/mol. The van der Waals surface area contributed by atoms with E-state index in [0.29, 0.717) is 10.6 Å². The molecule has 3 heterocycles. The number of aliphatic hydroxyl groups excluding tert-OH is 1. The quantitative estimate of drug-likeness (QED) is 0.358. The summed E-state index contributed by atoms with van der Waals surface area (Å²) in [4.78, 5) is 23.9. The van der Waals surface area contributed by atoms with Crippen LogP contribution in [0.5, 0.6) is 11.5 Å². The number of nitrogens with zero attached hydrogens (tertiary/aromatic N) is 4. The van der Waals surface area contributed by atoms with E-state index in [2.05, 4.69) is 4.90 Å². The lowest BCUT2D eigenvalue weighted by Gasteiger charge is -2.60. The molecule has 8 nitrogen and oxygen atoms in total. The zero-order valence-electron chi connectivity index (χ0n) is 20.5. The minimum Gasteiger partial charge on any atom is -0.457 e. The van der Waals surface area contributed by atoms with Crippen molar-refractivity contribution < 1.29 is 14.6 Å². The lowest BCUT2D eigenvalue weighted by atomic mass is 9.73. The Morgan fingerprint density at radius 2 is 1.81 bits per heavy atom. The van der Waals surface area contributed by atoms with Gasteiger partial charge >= 0.3 is 0 Å². The maximum Gasteiger partial charge on any atom is 0.246 e. The van der Waals surface area contributed by atoms with Crippen LogP contribution >= 0.6 is 11.3 Å². The van der Waals surface area contributed by atoms with Crippen molar-refractivity contribution in [1.29, 1.82) is 0 Å². The van der Waals surface area contributed by atoms with Crippen LogP contribution in [0.25, 0.3) is 11.3 Å². The molecule has 9 heteroatoms. The van der Waals surface area contributed by atoms with E-state index in [1.54, 1.807) is 6.08 Å². The molecular weight excluding hydrogens is 474 g/mol. The number of para-hydroxylation sites is 1. The van der Waals surface area contributed by atoms with E-state index in [-0.39, 0.29) is 11.3 Å². The first-order valence-electron chi connectivity index (χ1n) is 11.9. The second kappa shape index (κ2) is 10.0. The average Bonchev–Trinajstić information content (AvgIpc) is 3.24. The molecule has 0 bridgehead atoms. The standard InChI is InChI=1S/C27H31N5O3S/c1-30(2)14-6-9-22(33)31-15-27(16-31)17-32(18-27)26-29-23(24(36-26)25(28)34)19-10-12-21(13-11-19)35-20-7-4-3-5-8-20/h3-13,25,34H,14-18,28H2,1-2H3. The number of carbonyl (C=O) groups excluding carboxylic acids is 1. The molecule has 1 spiro atoms. The van der Waals surface area contributed by atoms with Crippen molar-refractivity contribution in [1.82, 2.24) is 14.8 Å². The van der Waals surface area contributed by atoms with E-state index in [9.17, 15) is 9.90 Å². The van der Waals surface area contributed by atoms with Crippen molar-refractivity contribution in [3.8, 4) is 22.8 Å². The molecule has 2 aromatic carbocycles. The molecule has 2 aliphatic rings. The van der Waals surface area contributed by atoms with Gasteiger partial charge in [-0.2, -0.15) is 0 Å². The van der Waals surface area contributed by atoms with Crippen molar-refractivity contribution in [3.63, 3.8) is 0 Å². The van der Waals surface area contributed by atoms with Crippen LogP contribution in [0.4, 0.5) is 5.13 Å². The molecule has 36 heavy (non-hydrogen) atoms. The summed E-state index contributed by atoms with van der Waals surface area (Å²) in [7, 11) is 3.95. The van der Waals surface area contributed by atoms with Crippen molar-refractivity contribution >= 4 is 22.4 Å². The minimum absolute atomic E-state index is 0.0747. The number of thiazole rings is 1. The van der Waals surface area contributed by atoms with Crippen LogP contribution in [0.3, 0.4) is 0 Å². The predicted octanol–water partition coefficient (Wildman–Crippen LogP) is 3.32. The number of benzene rings is 2. The number of carbonyl (C=O) groups is 1. The second-order valence-electron chi connectivity index (χ2n) is 9.81. The van der Waals surface area contributed by atoms with Crippen LogP contribution in [0.2, 0.25) is 0 Å². The Morgan fingerprint density at radius 3 is 2.44 bits per heavy atom. The third-order valence-electron chi connectivity index (χ3n) is 6.44. The predicted molar refractivity (Wildman–Crippen MR) is 142 cm³/mol. The molecule has 2 aliphatic heterocycles. The zero-order valence-corrected chi connectivity index (χ0v) is 21.3. The van der Waals surface area contributed by atoms with Gasteiger partial charge < -0.3 is 30.3 Å². The van der Waals surface area contributed by atoms with E-state index < -0.39 is 6.23 Å². The number of likely N-dealkylation sites (N-methyl/N-ethyl adjacent to an activating group) is 1. The summed E-state index contributed by atoms with van der Waals surface area (Å²) in [5.41, 5.74) is 7.58. The van der Waals surface area contributed by atoms with Crippen molar-refractivity contribution in [2.45, 2.75) is 6.23 Å². The van der Waals surface area contributed by atoms with E-state index in [1.807, 2.05) is 84.6 Å². The molecule has 3 aromatic rings. The molecular formula is C27H31N5O3S. The van der Waals surface area contributed by atoms with Crippen molar-refractivity contribution in [3.05, 3.63) is 71.6 Å². The Morgan fingerprint density at radius 1 is 1.14 bits per heavy atom. The lowest BCUT2D eigenvalue weighted by molar-refractivity contribution is -0.139. The van der Waals surface area contributed by atoms with Gasteiger partial charge in [-0.05, 0) is 50.5 Å². The van der Waals surface area contributed by atoms with Gasteiger partial charge in [-0.3, -0.25) is 4.79 Å². The smallest absolute Gasteiger partial charge is 0.246 e. The van der Waals surface area contributed by atoms with Crippen LogP contribution < -0.4 is 15.4 Å². The number of likely N-dealkylation sites (tertiary alicyclic amines) is 1. The second-order valence-corrected chi connectivity index (χ2v) is 10.8. The Bertz CT molecular complexity index is 1230. The number of ether oxygens (including phenoxy) is 1. The van der Waals surface area contributed by atoms with Crippen LogP contribution in [0.1, 0.15) is 11.1 Å². The van der Waals surface area contributed by atoms with E-state index in [1.165, 1.54) is 11.3 Å². The number of anilines is 1. The number of nitrogens with two attached hydrogens (primary N) is 1. The molecule has 5 rings (SSSR count). The van der Waals surface area contributed by atoms with Crippen molar-refractivity contribution in [2.75, 3.05) is 51.7 Å². The zero-order chi connectivity index (χ0) is 25.3. The van der Waals surface area contributed by atoms with E-state index in [0.717, 1.165) is 54.9 Å². The fourth-order valence-corrected chi connectivity index (χ4v) is 5.63. The summed E-state index contributed by atoms with van der Waals surface area (Å²) in [6.45, 7) is 3.97. The first-order valence-corrected chi connectivity index (χ1v) is 12.8. The number of amides is 1. The summed E-state index contributed by atoms with van der Waals surface area (Å²) < 4.78 is 5.88. The first-order chi connectivity index (χ1) is 17.3. The van der Waals surface area contributed by atoms with Gasteiger partial charge in [0.25, 0.3) is 0 Å². The molecule has 3 N–H and O–H groups in total. The molecule has 1 amide bonds. The molecule has 0 saturated carbocycles. The third-order valence-corrected chi connectivity index (χ3v) is 7.62. The van der Waals surface area contributed by atoms with Gasteiger partial charge in [-0.15, -0.1) is 0 Å². The van der Waals surface area contributed by atoms with Crippen molar-refractivity contribution in [2.24, 2.45) is 11.1 Å². The number of aliphatic hydroxyl groups is 1. The van der Waals surface area contributed by atoms with Gasteiger partial charge in [-0.25, -0.2) is 4.98 Å². The fraction of sp³-hybridized carbons (Fsp3) is 0.333. The van der Waals surface area contributed by atoms with Gasteiger partial charge in [0.2, 0.25) is 5.91 Å². The van der Waals surface area contributed by atoms with Gasteiger partial charge in [-0.1, -0.05) is 35.6 Å². The Labute approximate surface area is 215 Å². The summed E-state index contributed by atoms with van der Waals surface area (Å²) in [6.07, 6.45) is 2.46. The molecule has 1 unspecified atom stereocenters. The molecule has 1 aromatic heterocycles. The van der Waals surface area contributed by atoms with Crippen LogP contribution in [-0.2, 0) is 4.79 Å². The molecule has 2 saturated heterocycles. The Hall–Kier alpha value is -3.24. The SMILES string of the molecule is CN(C)CC=CC(=O)N1CC2(C1)CN(c1nc(-c3ccc(Oc4ccccc4)cc3)c(C(N)O)s1)C2. The maximum absolute atomic E-state index is 12.3. The van der Waals surface area contributed by atoms with Gasteiger partial charge in [0.1, 0.15) is 17.7 Å². The summed E-state index contributed by atoms with van der Waals surface area (Å²) >= 11 is 1.42. The van der Waals surface area contributed by atoms with Gasteiger partial charge in [0, 0.05) is 49.8 Å². The number of hydrogen-bond acceptors (Lipinski definition) is 8. The monoisotopic (exact) mass is 505 g/mol.